The van der Waals surface area contributed by atoms with E-state index in [1.165, 1.54) is 12.1 Å². The first-order valence-corrected chi connectivity index (χ1v) is 5.79. The number of halogens is 1. The summed E-state index contributed by atoms with van der Waals surface area (Å²) in [6.07, 6.45) is 1.79. The van der Waals surface area contributed by atoms with Gasteiger partial charge in [0.2, 0.25) is 0 Å². The lowest BCUT2D eigenvalue weighted by Gasteiger charge is -2.27. The first-order chi connectivity index (χ1) is 8.29. The van der Waals surface area contributed by atoms with Crippen molar-refractivity contribution in [2.24, 2.45) is 5.92 Å². The summed E-state index contributed by atoms with van der Waals surface area (Å²) in [4.78, 5) is 0. The van der Waals surface area contributed by atoms with Gasteiger partial charge in [0.05, 0.1) is 6.07 Å². The smallest absolute Gasteiger partial charge is 0.123 e. The minimum Gasteiger partial charge on any atom is -0.381 e. The number of rotatable bonds is 3. The Morgan fingerprint density at radius 1 is 1.29 bits per heavy atom. The van der Waals surface area contributed by atoms with Crippen molar-refractivity contribution in [1.29, 1.82) is 5.26 Å². The predicted octanol–water partition coefficient (Wildman–Crippen LogP) is 2.56. The first-order valence-electron chi connectivity index (χ1n) is 5.79. The molecule has 0 radical (unpaired) electrons. The highest BCUT2D eigenvalue weighted by Crippen LogP contribution is 2.21. The molecule has 0 aliphatic carbocycles. The molecule has 1 N–H and O–H groups in total. The molecule has 1 aliphatic heterocycles. The van der Waals surface area contributed by atoms with Gasteiger partial charge in [-0.15, -0.1) is 0 Å². The maximum atomic E-state index is 12.8. The third kappa shape index (κ3) is 3.18. The van der Waals surface area contributed by atoms with Crippen molar-refractivity contribution in [2.75, 3.05) is 18.5 Å². The molecule has 0 bridgehead atoms. The Hall–Kier alpha value is -1.60. The molecule has 0 amide bonds. The lowest BCUT2D eigenvalue weighted by atomic mass is 9.92. The second-order valence-electron chi connectivity index (χ2n) is 4.21. The van der Waals surface area contributed by atoms with E-state index in [0.29, 0.717) is 19.1 Å². The molecule has 2 rings (SSSR count). The number of benzene rings is 1. The van der Waals surface area contributed by atoms with Gasteiger partial charge >= 0.3 is 0 Å². The molecule has 0 saturated carbocycles. The van der Waals surface area contributed by atoms with Crippen LogP contribution in [0, 0.1) is 23.1 Å². The largest absolute Gasteiger partial charge is 0.381 e. The molecular formula is C13H15FN2O. The summed E-state index contributed by atoms with van der Waals surface area (Å²) in [5, 5.41) is 12.3. The van der Waals surface area contributed by atoms with Gasteiger partial charge in [-0.05, 0) is 43.0 Å². The minimum atomic E-state index is -0.268. The van der Waals surface area contributed by atoms with E-state index in [-0.39, 0.29) is 11.9 Å². The highest BCUT2D eigenvalue weighted by atomic mass is 19.1. The molecule has 17 heavy (non-hydrogen) atoms. The molecule has 0 spiro atoms. The molecule has 1 heterocycles. The van der Waals surface area contributed by atoms with E-state index in [0.717, 1.165) is 18.5 Å². The number of hydrogen-bond acceptors (Lipinski definition) is 3. The van der Waals surface area contributed by atoms with Crippen molar-refractivity contribution < 1.29 is 9.13 Å². The highest BCUT2D eigenvalue weighted by molar-refractivity contribution is 5.45. The van der Waals surface area contributed by atoms with Crippen LogP contribution in [0.3, 0.4) is 0 Å². The van der Waals surface area contributed by atoms with E-state index < -0.39 is 0 Å². The molecule has 1 aliphatic rings. The molecule has 1 aromatic carbocycles. The van der Waals surface area contributed by atoms with E-state index in [2.05, 4.69) is 11.4 Å². The van der Waals surface area contributed by atoms with Gasteiger partial charge in [0, 0.05) is 18.9 Å². The third-order valence-electron chi connectivity index (χ3n) is 3.04. The molecule has 1 aromatic rings. The van der Waals surface area contributed by atoms with Gasteiger partial charge in [0.1, 0.15) is 11.9 Å². The van der Waals surface area contributed by atoms with Crippen LogP contribution >= 0.6 is 0 Å². The lowest BCUT2D eigenvalue weighted by Crippen LogP contribution is -2.32. The summed E-state index contributed by atoms with van der Waals surface area (Å²) in [6, 6.07) is 8.13. The van der Waals surface area contributed by atoms with Crippen molar-refractivity contribution in [3.63, 3.8) is 0 Å². The van der Waals surface area contributed by atoms with Crippen LogP contribution in [0.25, 0.3) is 0 Å². The fraction of sp³-hybridized carbons (Fsp3) is 0.462. The molecular weight excluding hydrogens is 219 g/mol. The quantitative estimate of drug-likeness (QED) is 0.874. The van der Waals surface area contributed by atoms with Gasteiger partial charge < -0.3 is 10.1 Å². The van der Waals surface area contributed by atoms with E-state index in [9.17, 15) is 4.39 Å². The average molecular weight is 234 g/mol. The number of ether oxygens (including phenoxy) is 1. The molecule has 90 valence electrons. The van der Waals surface area contributed by atoms with Crippen LogP contribution in [0.5, 0.6) is 0 Å². The minimum absolute atomic E-state index is 0.232. The standard InChI is InChI=1S/C13H15FN2O/c14-11-1-3-12(4-2-11)16-13(9-15)10-5-7-17-8-6-10/h1-4,10,13,16H,5-8H2. The SMILES string of the molecule is N#CC(Nc1ccc(F)cc1)C1CCOCC1. The Labute approximate surface area is 100 Å². The van der Waals surface area contributed by atoms with Crippen molar-refractivity contribution in [1.82, 2.24) is 0 Å². The van der Waals surface area contributed by atoms with E-state index in [4.69, 9.17) is 10.00 Å². The predicted molar refractivity (Wildman–Crippen MR) is 63.0 cm³/mol. The molecule has 1 fully saturated rings. The normalized spacial score (nSPS) is 18.4. The second kappa shape index (κ2) is 5.65. The maximum Gasteiger partial charge on any atom is 0.123 e. The first kappa shape index (κ1) is 11.9. The van der Waals surface area contributed by atoms with Crippen LogP contribution in [-0.2, 0) is 4.74 Å². The van der Waals surface area contributed by atoms with Crippen molar-refractivity contribution in [3.05, 3.63) is 30.1 Å². The van der Waals surface area contributed by atoms with Gasteiger partial charge in [0.15, 0.2) is 0 Å². The summed E-state index contributed by atoms with van der Waals surface area (Å²) < 4.78 is 18.0. The van der Waals surface area contributed by atoms with Crippen molar-refractivity contribution >= 4 is 5.69 Å². The summed E-state index contributed by atoms with van der Waals surface area (Å²) in [5.41, 5.74) is 0.782. The Bertz CT molecular complexity index is 393. The van der Waals surface area contributed by atoms with Gasteiger partial charge in [-0.1, -0.05) is 0 Å². The van der Waals surface area contributed by atoms with Crippen LogP contribution < -0.4 is 5.32 Å². The summed E-state index contributed by atoms with van der Waals surface area (Å²) in [7, 11) is 0. The number of anilines is 1. The van der Waals surface area contributed by atoms with Crippen molar-refractivity contribution in [2.45, 2.75) is 18.9 Å². The monoisotopic (exact) mass is 234 g/mol. The highest BCUT2D eigenvalue weighted by Gasteiger charge is 2.23. The molecule has 3 nitrogen and oxygen atoms in total. The number of hydrogen-bond donors (Lipinski definition) is 1. The van der Waals surface area contributed by atoms with Crippen LogP contribution in [0.2, 0.25) is 0 Å². The lowest BCUT2D eigenvalue weighted by molar-refractivity contribution is 0.0651. The van der Waals surface area contributed by atoms with E-state index in [1.54, 1.807) is 12.1 Å². The van der Waals surface area contributed by atoms with E-state index in [1.807, 2.05) is 0 Å². The van der Waals surface area contributed by atoms with E-state index >= 15 is 0 Å². The number of nitriles is 1. The number of nitrogens with one attached hydrogen (secondary N) is 1. The third-order valence-corrected chi connectivity index (χ3v) is 3.04. The molecule has 1 unspecified atom stereocenters. The van der Waals surface area contributed by atoms with Crippen LogP contribution in [0.1, 0.15) is 12.8 Å². The summed E-state index contributed by atoms with van der Waals surface area (Å²) in [6.45, 7) is 1.43. The molecule has 4 heteroatoms. The van der Waals surface area contributed by atoms with Crippen LogP contribution in [0.4, 0.5) is 10.1 Å². The zero-order valence-corrected chi connectivity index (χ0v) is 9.53. The summed E-state index contributed by atoms with van der Waals surface area (Å²) in [5.74, 6) is 0.0360. The molecule has 1 saturated heterocycles. The summed E-state index contributed by atoms with van der Waals surface area (Å²) >= 11 is 0. The zero-order valence-electron chi connectivity index (χ0n) is 9.53. The van der Waals surface area contributed by atoms with Gasteiger partial charge in [0.25, 0.3) is 0 Å². The average Bonchev–Trinajstić information content (AvgIpc) is 2.39. The van der Waals surface area contributed by atoms with Gasteiger partial charge in [-0.25, -0.2) is 4.39 Å². The number of nitrogens with zero attached hydrogens (tertiary/aromatic N) is 1. The molecule has 1 atom stereocenters. The Kier molecular flexibility index (Phi) is 3.94. The van der Waals surface area contributed by atoms with Crippen molar-refractivity contribution in [3.8, 4) is 6.07 Å². The fourth-order valence-corrected chi connectivity index (χ4v) is 2.03. The van der Waals surface area contributed by atoms with Crippen LogP contribution in [-0.4, -0.2) is 19.3 Å². The van der Waals surface area contributed by atoms with Crippen LogP contribution in [0.15, 0.2) is 24.3 Å². The topological polar surface area (TPSA) is 45.0 Å². The second-order valence-corrected chi connectivity index (χ2v) is 4.21. The maximum absolute atomic E-state index is 12.8. The van der Waals surface area contributed by atoms with Gasteiger partial charge in [-0.3, -0.25) is 0 Å². The Balaban J connectivity index is 1.99. The fourth-order valence-electron chi connectivity index (χ4n) is 2.03. The van der Waals surface area contributed by atoms with Gasteiger partial charge in [-0.2, -0.15) is 5.26 Å². The zero-order chi connectivity index (χ0) is 12.1. The Morgan fingerprint density at radius 3 is 2.53 bits per heavy atom. The Morgan fingerprint density at radius 2 is 1.94 bits per heavy atom. The molecule has 0 aromatic heterocycles.